The van der Waals surface area contributed by atoms with Gasteiger partial charge in [0.05, 0.1) is 19.3 Å². The molecule has 1 atom stereocenters. The fraction of sp³-hybridized carbons (Fsp3) is 0.667. The lowest BCUT2D eigenvalue weighted by molar-refractivity contribution is 0.0299. The van der Waals surface area contributed by atoms with Crippen LogP contribution in [0.25, 0.3) is 0 Å². The second-order valence-electron chi connectivity index (χ2n) is 4.36. The standard InChI is InChI=1S/C12H19N3O3S/c1-19-7-2-9(13)11-14-10(8-18-11)12(16)15-3-5-17-6-4-15/h8-9H,2-7,13H2,1H3. The summed E-state index contributed by atoms with van der Waals surface area (Å²) in [6, 6.07) is -0.251. The molecule has 7 heteroatoms. The van der Waals surface area contributed by atoms with Crippen molar-refractivity contribution in [2.24, 2.45) is 5.73 Å². The Bertz CT molecular complexity index is 418. The van der Waals surface area contributed by atoms with Gasteiger partial charge in [-0.1, -0.05) is 0 Å². The largest absolute Gasteiger partial charge is 0.446 e. The van der Waals surface area contributed by atoms with Gasteiger partial charge in [0, 0.05) is 13.1 Å². The predicted molar refractivity (Wildman–Crippen MR) is 73.2 cm³/mol. The number of amides is 1. The van der Waals surface area contributed by atoms with Crippen LogP contribution >= 0.6 is 11.8 Å². The number of nitrogens with zero attached hydrogens (tertiary/aromatic N) is 2. The Morgan fingerprint density at radius 2 is 2.32 bits per heavy atom. The number of carbonyl (C=O) groups is 1. The van der Waals surface area contributed by atoms with Crippen molar-refractivity contribution in [3.63, 3.8) is 0 Å². The molecule has 1 unspecified atom stereocenters. The number of morpholine rings is 1. The van der Waals surface area contributed by atoms with E-state index in [1.807, 2.05) is 6.26 Å². The lowest BCUT2D eigenvalue weighted by atomic mass is 10.2. The molecule has 2 N–H and O–H groups in total. The van der Waals surface area contributed by atoms with Crippen LogP contribution in [0.15, 0.2) is 10.7 Å². The van der Waals surface area contributed by atoms with Gasteiger partial charge in [0.2, 0.25) is 5.89 Å². The van der Waals surface area contributed by atoms with Gasteiger partial charge < -0.3 is 19.8 Å². The molecule has 1 saturated heterocycles. The van der Waals surface area contributed by atoms with Crippen molar-refractivity contribution >= 4 is 17.7 Å². The Labute approximate surface area is 116 Å². The molecular weight excluding hydrogens is 266 g/mol. The first kappa shape index (κ1) is 14.4. The number of oxazole rings is 1. The molecule has 106 valence electrons. The highest BCUT2D eigenvalue weighted by Gasteiger charge is 2.23. The first-order valence-corrected chi connectivity index (χ1v) is 7.68. The number of rotatable bonds is 5. The zero-order valence-corrected chi connectivity index (χ0v) is 11.8. The normalized spacial score (nSPS) is 17.5. The lowest BCUT2D eigenvalue weighted by Crippen LogP contribution is -2.40. The van der Waals surface area contributed by atoms with Gasteiger partial charge in [0.25, 0.3) is 5.91 Å². The molecule has 1 fully saturated rings. The van der Waals surface area contributed by atoms with Gasteiger partial charge in [-0.25, -0.2) is 4.98 Å². The zero-order chi connectivity index (χ0) is 13.7. The fourth-order valence-corrected chi connectivity index (χ4v) is 2.34. The molecule has 0 saturated carbocycles. The number of hydrogen-bond acceptors (Lipinski definition) is 6. The molecule has 2 rings (SSSR count). The Balaban J connectivity index is 1.97. The Morgan fingerprint density at radius 3 is 3.00 bits per heavy atom. The highest BCUT2D eigenvalue weighted by Crippen LogP contribution is 2.16. The number of nitrogens with two attached hydrogens (primary N) is 1. The second-order valence-corrected chi connectivity index (χ2v) is 5.35. The quantitative estimate of drug-likeness (QED) is 0.865. The van der Waals surface area contributed by atoms with Crippen LogP contribution in [0, 0.1) is 0 Å². The minimum Gasteiger partial charge on any atom is -0.446 e. The van der Waals surface area contributed by atoms with Gasteiger partial charge in [-0.15, -0.1) is 0 Å². The van der Waals surface area contributed by atoms with Crippen LogP contribution < -0.4 is 5.73 Å². The van der Waals surface area contributed by atoms with E-state index in [2.05, 4.69) is 4.98 Å². The summed E-state index contributed by atoms with van der Waals surface area (Å²) in [6.45, 7) is 2.34. The van der Waals surface area contributed by atoms with Crippen molar-refractivity contribution in [2.75, 3.05) is 38.3 Å². The maximum Gasteiger partial charge on any atom is 0.275 e. The van der Waals surface area contributed by atoms with Gasteiger partial charge in [-0.2, -0.15) is 11.8 Å². The summed E-state index contributed by atoms with van der Waals surface area (Å²) in [6.07, 6.45) is 4.20. The average molecular weight is 285 g/mol. The summed E-state index contributed by atoms with van der Waals surface area (Å²) in [5.74, 6) is 1.26. The summed E-state index contributed by atoms with van der Waals surface area (Å²) in [4.78, 5) is 18.1. The first-order valence-electron chi connectivity index (χ1n) is 6.29. The number of thioether (sulfide) groups is 1. The maximum atomic E-state index is 12.2. The van der Waals surface area contributed by atoms with Crippen LogP contribution in [-0.4, -0.2) is 54.1 Å². The molecule has 1 aliphatic heterocycles. The highest BCUT2D eigenvalue weighted by atomic mass is 32.2. The fourth-order valence-electron chi connectivity index (χ4n) is 1.85. The third-order valence-corrected chi connectivity index (χ3v) is 3.63. The van der Waals surface area contributed by atoms with E-state index in [0.29, 0.717) is 37.9 Å². The van der Waals surface area contributed by atoms with Crippen molar-refractivity contribution in [1.82, 2.24) is 9.88 Å². The SMILES string of the molecule is CSCCC(N)c1nc(C(=O)N2CCOCC2)co1. The molecule has 2 heterocycles. The van der Waals surface area contributed by atoms with Gasteiger partial charge in [0.15, 0.2) is 5.69 Å². The molecule has 0 bridgehead atoms. The summed E-state index contributed by atoms with van der Waals surface area (Å²) < 4.78 is 10.5. The third-order valence-electron chi connectivity index (χ3n) is 2.99. The van der Waals surface area contributed by atoms with E-state index in [9.17, 15) is 4.79 Å². The predicted octanol–water partition coefficient (Wildman–Crippen LogP) is 0.900. The van der Waals surface area contributed by atoms with E-state index in [1.54, 1.807) is 16.7 Å². The molecular formula is C12H19N3O3S. The van der Waals surface area contributed by atoms with E-state index in [-0.39, 0.29) is 11.9 Å². The molecule has 6 nitrogen and oxygen atoms in total. The third kappa shape index (κ3) is 3.71. The minimum atomic E-state index is -0.251. The topological polar surface area (TPSA) is 81.6 Å². The van der Waals surface area contributed by atoms with Crippen molar-refractivity contribution < 1.29 is 13.9 Å². The monoisotopic (exact) mass is 285 g/mol. The smallest absolute Gasteiger partial charge is 0.275 e. The molecule has 0 radical (unpaired) electrons. The molecule has 1 aromatic heterocycles. The van der Waals surface area contributed by atoms with Crippen LogP contribution in [0.2, 0.25) is 0 Å². The van der Waals surface area contributed by atoms with E-state index < -0.39 is 0 Å². The zero-order valence-electron chi connectivity index (χ0n) is 11.0. The second kappa shape index (κ2) is 6.93. The summed E-state index contributed by atoms with van der Waals surface area (Å²) in [7, 11) is 0. The van der Waals surface area contributed by atoms with E-state index >= 15 is 0 Å². The molecule has 1 aliphatic rings. The minimum absolute atomic E-state index is 0.115. The van der Waals surface area contributed by atoms with Crippen molar-refractivity contribution in [2.45, 2.75) is 12.5 Å². The summed E-state index contributed by atoms with van der Waals surface area (Å²) in [5.41, 5.74) is 6.29. The molecule has 0 spiro atoms. The van der Waals surface area contributed by atoms with E-state index in [0.717, 1.165) is 12.2 Å². The van der Waals surface area contributed by atoms with Crippen LogP contribution in [0.4, 0.5) is 0 Å². The first-order chi connectivity index (χ1) is 9.22. The summed E-state index contributed by atoms with van der Waals surface area (Å²) >= 11 is 1.72. The number of ether oxygens (including phenoxy) is 1. The van der Waals surface area contributed by atoms with E-state index in [1.165, 1.54) is 6.26 Å². The van der Waals surface area contributed by atoms with Crippen LogP contribution in [0.1, 0.15) is 28.8 Å². The van der Waals surface area contributed by atoms with Gasteiger partial charge in [-0.3, -0.25) is 4.79 Å². The number of aromatic nitrogens is 1. The highest BCUT2D eigenvalue weighted by molar-refractivity contribution is 7.98. The molecule has 19 heavy (non-hydrogen) atoms. The van der Waals surface area contributed by atoms with E-state index in [4.69, 9.17) is 14.9 Å². The molecule has 0 aromatic carbocycles. The molecule has 1 aromatic rings. The Morgan fingerprint density at radius 1 is 1.58 bits per heavy atom. The Hall–Kier alpha value is -1.05. The van der Waals surface area contributed by atoms with Crippen LogP contribution in [0.3, 0.4) is 0 Å². The number of hydrogen-bond donors (Lipinski definition) is 1. The average Bonchev–Trinajstić information content (AvgIpc) is 2.94. The molecule has 1 amide bonds. The van der Waals surface area contributed by atoms with Gasteiger partial charge in [-0.05, 0) is 18.4 Å². The van der Waals surface area contributed by atoms with Crippen molar-refractivity contribution in [1.29, 1.82) is 0 Å². The number of carbonyl (C=O) groups excluding carboxylic acids is 1. The maximum absolute atomic E-state index is 12.2. The van der Waals surface area contributed by atoms with Gasteiger partial charge >= 0.3 is 0 Å². The lowest BCUT2D eigenvalue weighted by Gasteiger charge is -2.25. The van der Waals surface area contributed by atoms with Crippen LogP contribution in [0.5, 0.6) is 0 Å². The van der Waals surface area contributed by atoms with Crippen molar-refractivity contribution in [3.8, 4) is 0 Å². The van der Waals surface area contributed by atoms with Crippen molar-refractivity contribution in [3.05, 3.63) is 17.8 Å². The Kier molecular flexibility index (Phi) is 5.24. The summed E-state index contributed by atoms with van der Waals surface area (Å²) in [5, 5.41) is 0. The van der Waals surface area contributed by atoms with Gasteiger partial charge in [0.1, 0.15) is 6.26 Å². The molecule has 0 aliphatic carbocycles. The van der Waals surface area contributed by atoms with Crippen LogP contribution in [-0.2, 0) is 4.74 Å².